The predicted molar refractivity (Wildman–Crippen MR) is 69.9 cm³/mol. The lowest BCUT2D eigenvalue weighted by Crippen LogP contribution is -2.22. The Labute approximate surface area is 111 Å². The van der Waals surface area contributed by atoms with E-state index in [-0.39, 0.29) is 12.1 Å². The first-order valence-electron chi connectivity index (χ1n) is 5.11. The van der Waals surface area contributed by atoms with Gasteiger partial charge in [0.05, 0.1) is 12.9 Å². The molecule has 0 aromatic carbocycles. The first-order valence-corrected chi connectivity index (χ1v) is 5.90. The van der Waals surface area contributed by atoms with Gasteiger partial charge in [-0.15, -0.1) is 0 Å². The Morgan fingerprint density at radius 2 is 2.28 bits per heavy atom. The molecule has 2 rings (SSSR count). The molecule has 0 spiro atoms. The predicted octanol–water partition coefficient (Wildman–Crippen LogP) is 0.438. The van der Waals surface area contributed by atoms with Crippen LogP contribution in [0.5, 0.6) is 0 Å². The molecule has 2 aromatic rings. The maximum absolute atomic E-state index is 11.8. The maximum atomic E-state index is 11.8. The molecule has 2 heterocycles. The molecule has 0 unspecified atom stereocenters. The lowest BCUT2D eigenvalue weighted by atomic mass is 10.4. The van der Waals surface area contributed by atoms with Crippen molar-refractivity contribution in [2.45, 2.75) is 13.5 Å². The van der Waals surface area contributed by atoms with E-state index in [1.165, 1.54) is 17.1 Å². The average Bonchev–Trinajstić information content (AvgIpc) is 2.34. The van der Waals surface area contributed by atoms with Gasteiger partial charge in [0.1, 0.15) is 10.3 Å². The third kappa shape index (κ3) is 2.71. The summed E-state index contributed by atoms with van der Waals surface area (Å²) in [6.45, 7) is 2.07. The van der Waals surface area contributed by atoms with Gasteiger partial charge in [-0.1, -0.05) is 0 Å². The first-order chi connectivity index (χ1) is 8.60. The van der Waals surface area contributed by atoms with Crippen molar-refractivity contribution in [2.24, 2.45) is 5.84 Å². The van der Waals surface area contributed by atoms with E-state index in [2.05, 4.69) is 36.3 Å². The first kappa shape index (κ1) is 12.7. The molecule has 0 aliphatic carbocycles. The molecule has 0 radical (unpaired) electrons. The largest absolute Gasteiger partial charge is 0.308 e. The minimum Gasteiger partial charge on any atom is -0.308 e. The van der Waals surface area contributed by atoms with Crippen molar-refractivity contribution < 1.29 is 0 Å². The van der Waals surface area contributed by atoms with Gasteiger partial charge in [-0.2, -0.15) is 0 Å². The molecule has 0 saturated heterocycles. The molecular weight excluding hydrogens is 300 g/mol. The summed E-state index contributed by atoms with van der Waals surface area (Å²) in [5.41, 5.74) is 3.04. The molecule has 0 aliphatic rings. The summed E-state index contributed by atoms with van der Waals surface area (Å²) in [4.78, 5) is 24.1. The molecule has 0 aliphatic heterocycles. The van der Waals surface area contributed by atoms with Gasteiger partial charge < -0.3 is 5.43 Å². The fourth-order valence-electron chi connectivity index (χ4n) is 1.46. The van der Waals surface area contributed by atoms with Gasteiger partial charge in [0.25, 0.3) is 5.56 Å². The summed E-state index contributed by atoms with van der Waals surface area (Å²) in [6.07, 6.45) is 2.89. The van der Waals surface area contributed by atoms with Gasteiger partial charge in [-0.05, 0) is 22.9 Å². The Morgan fingerprint density at radius 3 is 3.00 bits per heavy atom. The second kappa shape index (κ2) is 5.23. The lowest BCUT2D eigenvalue weighted by molar-refractivity contribution is 0.690. The van der Waals surface area contributed by atoms with E-state index in [9.17, 15) is 4.79 Å². The van der Waals surface area contributed by atoms with Gasteiger partial charge in [0, 0.05) is 18.0 Å². The van der Waals surface area contributed by atoms with E-state index < -0.39 is 0 Å². The number of nitrogens with two attached hydrogens (primary N) is 1. The molecule has 94 valence electrons. The number of nitrogens with one attached hydrogen (secondary N) is 1. The fraction of sp³-hybridized carbons (Fsp3) is 0.200. The van der Waals surface area contributed by atoms with Crippen LogP contribution in [0.1, 0.15) is 11.5 Å². The van der Waals surface area contributed by atoms with Gasteiger partial charge in [0.2, 0.25) is 0 Å². The third-order valence-corrected chi connectivity index (χ3v) is 2.76. The average molecular weight is 311 g/mol. The quantitative estimate of drug-likeness (QED) is 0.630. The summed E-state index contributed by atoms with van der Waals surface area (Å²) in [6, 6.07) is 1.71. The molecule has 8 heteroatoms. The highest BCUT2D eigenvalue weighted by Gasteiger charge is 2.06. The summed E-state index contributed by atoms with van der Waals surface area (Å²) in [7, 11) is 0. The number of rotatable bonds is 3. The minimum atomic E-state index is -0.183. The van der Waals surface area contributed by atoms with Crippen molar-refractivity contribution in [3.05, 3.63) is 44.9 Å². The van der Waals surface area contributed by atoms with Crippen molar-refractivity contribution in [1.29, 1.82) is 0 Å². The molecular formula is C10H11BrN6O. The van der Waals surface area contributed by atoms with Crippen LogP contribution in [0.2, 0.25) is 0 Å². The standard InChI is InChI=1S/C10H11BrN6O/c1-6-2-8(16-12)15-9(14-6)4-17-5-13-3-7(11)10(17)18/h2-3,5H,4,12H2,1H3,(H,14,15,16). The highest BCUT2D eigenvalue weighted by molar-refractivity contribution is 9.10. The minimum absolute atomic E-state index is 0.183. The number of nitrogen functional groups attached to an aromatic ring is 1. The molecule has 0 fully saturated rings. The third-order valence-electron chi connectivity index (χ3n) is 2.22. The molecule has 3 N–H and O–H groups in total. The molecule has 0 amide bonds. The van der Waals surface area contributed by atoms with Gasteiger partial charge in [-0.25, -0.2) is 20.8 Å². The van der Waals surface area contributed by atoms with Crippen molar-refractivity contribution in [2.75, 3.05) is 5.43 Å². The normalized spacial score (nSPS) is 10.4. The molecule has 0 bridgehead atoms. The number of halogens is 1. The molecule has 0 saturated carbocycles. The van der Waals surface area contributed by atoms with Crippen LogP contribution in [0.3, 0.4) is 0 Å². The number of hydrazine groups is 1. The zero-order valence-corrected chi connectivity index (χ0v) is 11.2. The zero-order chi connectivity index (χ0) is 13.1. The molecule has 2 aromatic heterocycles. The molecule has 0 atom stereocenters. The fourth-order valence-corrected chi connectivity index (χ4v) is 1.81. The van der Waals surface area contributed by atoms with Crippen molar-refractivity contribution in [3.8, 4) is 0 Å². The summed E-state index contributed by atoms with van der Waals surface area (Å²) in [5, 5.41) is 0. The molecule has 18 heavy (non-hydrogen) atoms. The van der Waals surface area contributed by atoms with Crippen LogP contribution in [0.15, 0.2) is 27.9 Å². The van der Waals surface area contributed by atoms with Crippen molar-refractivity contribution in [1.82, 2.24) is 19.5 Å². The van der Waals surface area contributed by atoms with Crippen LogP contribution >= 0.6 is 15.9 Å². The van der Waals surface area contributed by atoms with Crippen molar-refractivity contribution >= 4 is 21.7 Å². The zero-order valence-electron chi connectivity index (χ0n) is 9.59. The maximum Gasteiger partial charge on any atom is 0.268 e. The second-order valence-corrected chi connectivity index (χ2v) is 4.48. The van der Waals surface area contributed by atoms with E-state index in [4.69, 9.17) is 5.84 Å². The smallest absolute Gasteiger partial charge is 0.268 e. The number of hydrogen-bond acceptors (Lipinski definition) is 6. The summed E-state index contributed by atoms with van der Waals surface area (Å²) < 4.78 is 1.81. The van der Waals surface area contributed by atoms with Crippen LogP contribution in [0.25, 0.3) is 0 Å². The van der Waals surface area contributed by atoms with Crippen LogP contribution in [0, 0.1) is 6.92 Å². The van der Waals surface area contributed by atoms with E-state index in [0.717, 1.165) is 5.69 Å². The number of aromatic nitrogens is 4. The van der Waals surface area contributed by atoms with Crippen molar-refractivity contribution in [3.63, 3.8) is 0 Å². The van der Waals surface area contributed by atoms with Crippen LogP contribution in [-0.4, -0.2) is 19.5 Å². The highest BCUT2D eigenvalue weighted by atomic mass is 79.9. The van der Waals surface area contributed by atoms with Crippen LogP contribution in [0.4, 0.5) is 5.82 Å². The van der Waals surface area contributed by atoms with E-state index in [1.807, 2.05) is 6.92 Å². The van der Waals surface area contributed by atoms with Gasteiger partial charge in [-0.3, -0.25) is 9.36 Å². The lowest BCUT2D eigenvalue weighted by Gasteiger charge is -2.07. The Balaban J connectivity index is 2.37. The highest BCUT2D eigenvalue weighted by Crippen LogP contribution is 2.06. The number of aryl methyl sites for hydroxylation is 1. The van der Waals surface area contributed by atoms with Crippen LogP contribution in [-0.2, 0) is 6.54 Å². The Kier molecular flexibility index (Phi) is 3.68. The number of anilines is 1. The SMILES string of the molecule is Cc1cc(NN)nc(Cn2cncc(Br)c2=O)n1. The topological polar surface area (TPSA) is 98.7 Å². The Hall–Kier alpha value is -1.80. The summed E-state index contributed by atoms with van der Waals surface area (Å²) in [5.74, 6) is 6.30. The van der Waals surface area contributed by atoms with E-state index >= 15 is 0 Å². The molecule has 7 nitrogen and oxygen atoms in total. The second-order valence-electron chi connectivity index (χ2n) is 3.63. The Bertz CT molecular complexity index is 626. The van der Waals surface area contributed by atoms with Gasteiger partial charge in [0.15, 0.2) is 5.82 Å². The van der Waals surface area contributed by atoms with E-state index in [1.54, 1.807) is 6.07 Å². The number of nitrogens with zero attached hydrogens (tertiary/aromatic N) is 4. The number of hydrogen-bond donors (Lipinski definition) is 2. The Morgan fingerprint density at radius 1 is 1.50 bits per heavy atom. The monoisotopic (exact) mass is 310 g/mol. The van der Waals surface area contributed by atoms with Gasteiger partial charge >= 0.3 is 0 Å². The summed E-state index contributed by atoms with van der Waals surface area (Å²) >= 11 is 3.13. The van der Waals surface area contributed by atoms with E-state index in [0.29, 0.717) is 16.1 Å². The van der Waals surface area contributed by atoms with Crippen LogP contribution < -0.4 is 16.8 Å².